The molecule has 0 radical (unpaired) electrons. The first kappa shape index (κ1) is 38.3. The molecule has 0 heterocycles. The standard InChI is InChI=1S/Ca.Fe.Mg.H3P.Zn.4H/h;;;1H3;;;;;/q+2;;+2;;;4*-1. The molecule has 26 valence electrons. The third kappa shape index (κ3) is 18.4. The molecule has 0 aliphatic heterocycles. The van der Waals surface area contributed by atoms with E-state index < -0.39 is 0 Å². The van der Waals surface area contributed by atoms with Crippen molar-refractivity contribution in [2.75, 3.05) is 0 Å². The molecule has 0 spiro atoms. The van der Waals surface area contributed by atoms with Crippen LogP contribution in [0.15, 0.2) is 0 Å². The maximum absolute atomic E-state index is 0. The quantitative estimate of drug-likeness (QED) is 0.392. The summed E-state index contributed by atoms with van der Waals surface area (Å²) in [4.78, 5) is 0. The molecule has 0 aromatic rings. The molecule has 0 saturated carbocycles. The summed E-state index contributed by atoms with van der Waals surface area (Å²) < 4.78 is 0. The molecule has 0 amide bonds. The Balaban J connectivity index is 0. The van der Waals surface area contributed by atoms with Gasteiger partial charge < -0.3 is 5.71 Å². The second-order valence-corrected chi connectivity index (χ2v) is 0. The summed E-state index contributed by atoms with van der Waals surface area (Å²) >= 11 is 0. The first-order valence-electron chi connectivity index (χ1n) is 0. The van der Waals surface area contributed by atoms with Crippen molar-refractivity contribution in [3.63, 3.8) is 0 Å². The summed E-state index contributed by atoms with van der Waals surface area (Å²) in [6, 6.07) is 0. The van der Waals surface area contributed by atoms with Crippen LogP contribution in [0.1, 0.15) is 5.71 Å². The van der Waals surface area contributed by atoms with Crippen molar-refractivity contribution >= 4 is 70.7 Å². The average Bonchev–Trinajstić information content (AvgIpc) is 0. The third-order valence-electron chi connectivity index (χ3n) is 0. The van der Waals surface area contributed by atoms with E-state index >= 15 is 0 Å². The van der Waals surface area contributed by atoms with Gasteiger partial charge in [0, 0.05) is 36.5 Å². The summed E-state index contributed by atoms with van der Waals surface area (Å²) in [6.07, 6.45) is 0. The zero-order chi connectivity index (χ0) is 0. The Morgan fingerprint density at radius 1 is 1.20 bits per heavy atom. The zero-order valence-electron chi connectivity index (χ0n) is 7.18. The Bertz CT molecular complexity index is 20.5. The van der Waals surface area contributed by atoms with E-state index in [0.717, 1.165) is 0 Å². The molecule has 1 atom stereocenters. The topological polar surface area (TPSA) is 0 Å². The third-order valence-corrected chi connectivity index (χ3v) is 0. The van der Waals surface area contributed by atoms with Crippen molar-refractivity contribution in [1.82, 2.24) is 0 Å². The predicted octanol–water partition coefficient (Wildman–Crippen LogP) is -0.258. The molecule has 1 unspecified atom stereocenters. The molecule has 5 heteroatoms. The molecule has 0 saturated heterocycles. The second-order valence-electron chi connectivity index (χ2n) is 0. The van der Waals surface area contributed by atoms with Crippen molar-refractivity contribution in [3.8, 4) is 0 Å². The van der Waals surface area contributed by atoms with Crippen LogP contribution in [0.25, 0.3) is 0 Å². The van der Waals surface area contributed by atoms with E-state index in [0.29, 0.717) is 0 Å². The van der Waals surface area contributed by atoms with Crippen molar-refractivity contribution in [2.24, 2.45) is 0 Å². The fourth-order valence-corrected chi connectivity index (χ4v) is 0. The summed E-state index contributed by atoms with van der Waals surface area (Å²) in [6.45, 7) is 0. The maximum Gasteiger partial charge on any atom is 2.00 e. The molecular weight excluding hydrogens is 217 g/mol. The van der Waals surface area contributed by atoms with Gasteiger partial charge in [-0.05, 0) is 0 Å². The monoisotopic (exact) mass is 222 g/mol. The number of hydrogen-bond donors (Lipinski definition) is 0. The van der Waals surface area contributed by atoms with Gasteiger partial charge in [-0.2, -0.15) is 9.90 Å². The molecule has 0 rings (SSSR count). The molecule has 0 aliphatic rings. The van der Waals surface area contributed by atoms with Crippen LogP contribution < -0.4 is 0 Å². The Morgan fingerprint density at radius 2 is 1.20 bits per heavy atom. The Morgan fingerprint density at radius 3 is 1.20 bits per heavy atom. The van der Waals surface area contributed by atoms with E-state index in [1.54, 1.807) is 0 Å². The van der Waals surface area contributed by atoms with Crippen LogP contribution in [-0.4, -0.2) is 60.8 Å². The van der Waals surface area contributed by atoms with E-state index in [9.17, 15) is 0 Å². The van der Waals surface area contributed by atoms with Gasteiger partial charge in [0.25, 0.3) is 0 Å². The van der Waals surface area contributed by atoms with Crippen molar-refractivity contribution in [1.29, 1.82) is 0 Å². The number of hydrogen-bond acceptors (Lipinski definition) is 0. The van der Waals surface area contributed by atoms with Crippen molar-refractivity contribution in [3.05, 3.63) is 0 Å². The maximum atomic E-state index is 0. The molecule has 0 nitrogen and oxygen atoms in total. The molecule has 0 aliphatic carbocycles. The summed E-state index contributed by atoms with van der Waals surface area (Å²) in [5.41, 5.74) is 0. The molecule has 0 fully saturated rings. The molecule has 0 aromatic heterocycles. The van der Waals surface area contributed by atoms with Crippen molar-refractivity contribution < 1.29 is 42.3 Å². The predicted molar refractivity (Wildman–Crippen MR) is 27.1 cm³/mol. The Kier molecular flexibility index (Phi) is 196. The number of rotatable bonds is 0. The smallest absolute Gasteiger partial charge is 1.00 e. The largest absolute Gasteiger partial charge is 2.00 e. The Hall–Kier alpha value is 3.60. The molecule has 0 N–H and O–H groups in total. The van der Waals surface area contributed by atoms with Gasteiger partial charge in [-0.3, -0.25) is 0 Å². The van der Waals surface area contributed by atoms with Gasteiger partial charge in [-0.25, -0.2) is 0 Å². The average molecular weight is 224 g/mol. The van der Waals surface area contributed by atoms with Gasteiger partial charge in [0.05, 0.1) is 0 Å². The minimum atomic E-state index is 0. The minimum absolute atomic E-state index is 0. The fourth-order valence-electron chi connectivity index (χ4n) is 0. The minimum Gasteiger partial charge on any atom is -1.00 e. The molecule has 0 bridgehead atoms. The van der Waals surface area contributed by atoms with Crippen LogP contribution in [0.3, 0.4) is 0 Å². The molecule has 5 heavy (non-hydrogen) atoms. The van der Waals surface area contributed by atoms with E-state index in [-0.39, 0.29) is 113 Å². The zero-order valence-corrected chi connectivity index (χ0v) is 12.3. The molecular formula is H7CaFeMgPZn. The first-order chi connectivity index (χ1) is 0. The van der Waals surface area contributed by atoms with Crippen LogP contribution >= 0.6 is 9.90 Å². The van der Waals surface area contributed by atoms with Gasteiger partial charge in [-0.15, -0.1) is 0 Å². The summed E-state index contributed by atoms with van der Waals surface area (Å²) in [7, 11) is 0. The van der Waals surface area contributed by atoms with E-state index in [1.165, 1.54) is 0 Å². The Labute approximate surface area is 111 Å². The van der Waals surface area contributed by atoms with E-state index in [1.807, 2.05) is 0 Å². The van der Waals surface area contributed by atoms with Gasteiger partial charge in [-0.1, -0.05) is 0 Å². The molecule has 0 aromatic carbocycles. The normalized spacial score (nSPS) is 0. The first-order valence-corrected chi connectivity index (χ1v) is 0. The van der Waals surface area contributed by atoms with Crippen molar-refractivity contribution in [2.45, 2.75) is 0 Å². The SMILES string of the molecule is P.[Ca+2].[Fe].[H-].[H-].[H-].[H-].[Mg+2].[Zn]. The second kappa shape index (κ2) is 25.5. The fraction of sp³-hybridized carbons (Fsp3) is 0. The van der Waals surface area contributed by atoms with Crippen LogP contribution in [0.2, 0.25) is 0 Å². The summed E-state index contributed by atoms with van der Waals surface area (Å²) in [5.74, 6) is 0. The van der Waals surface area contributed by atoms with Crippen LogP contribution in [0.4, 0.5) is 0 Å². The van der Waals surface area contributed by atoms with E-state index in [2.05, 4.69) is 0 Å². The van der Waals surface area contributed by atoms with Crippen LogP contribution in [0, 0.1) is 0 Å². The van der Waals surface area contributed by atoms with Gasteiger partial charge in [0.2, 0.25) is 0 Å². The van der Waals surface area contributed by atoms with Crippen LogP contribution in [-0.2, 0) is 36.5 Å². The summed E-state index contributed by atoms with van der Waals surface area (Å²) in [5, 5.41) is 0. The van der Waals surface area contributed by atoms with Crippen LogP contribution in [0.5, 0.6) is 0 Å². The van der Waals surface area contributed by atoms with Gasteiger partial charge >= 0.3 is 60.8 Å². The van der Waals surface area contributed by atoms with Gasteiger partial charge in [0.1, 0.15) is 0 Å². The van der Waals surface area contributed by atoms with Gasteiger partial charge in [0.15, 0.2) is 0 Å². The van der Waals surface area contributed by atoms with E-state index in [4.69, 9.17) is 0 Å².